The summed E-state index contributed by atoms with van der Waals surface area (Å²) in [6, 6.07) is 4.68. The summed E-state index contributed by atoms with van der Waals surface area (Å²) in [6.07, 6.45) is 1.12. The molecule has 0 spiro atoms. The number of hydrogen-bond acceptors (Lipinski definition) is 3. The molecule has 1 N–H and O–H groups in total. The summed E-state index contributed by atoms with van der Waals surface area (Å²) in [6.45, 7) is 3.76. The molecule has 0 saturated carbocycles. The average molecular weight is 339 g/mol. The Bertz CT molecular complexity index is 586. The van der Waals surface area contributed by atoms with Crippen LogP contribution in [0.5, 0.6) is 0 Å². The summed E-state index contributed by atoms with van der Waals surface area (Å²) < 4.78 is 0.635. The fourth-order valence-corrected chi connectivity index (χ4v) is 2.61. The third-order valence-electron chi connectivity index (χ3n) is 3.19. The van der Waals surface area contributed by atoms with Gasteiger partial charge in [-0.3, -0.25) is 14.9 Å². The van der Waals surface area contributed by atoms with Crippen molar-refractivity contribution in [2.24, 2.45) is 5.92 Å². The van der Waals surface area contributed by atoms with Crippen molar-refractivity contribution in [3.63, 3.8) is 0 Å². The van der Waals surface area contributed by atoms with Crippen molar-refractivity contribution in [1.29, 1.82) is 0 Å². The van der Waals surface area contributed by atoms with E-state index >= 15 is 0 Å². The van der Waals surface area contributed by atoms with Crippen molar-refractivity contribution >= 4 is 39.5 Å². The highest BCUT2D eigenvalue weighted by Gasteiger charge is 2.41. The first-order chi connectivity index (χ1) is 9.45. The summed E-state index contributed by atoms with van der Waals surface area (Å²) in [7, 11) is 0. The van der Waals surface area contributed by atoms with Crippen molar-refractivity contribution in [3.05, 3.63) is 28.2 Å². The van der Waals surface area contributed by atoms with Crippen LogP contribution in [0.15, 0.2) is 22.7 Å². The molecule has 1 aliphatic rings. The van der Waals surface area contributed by atoms with E-state index in [1.165, 1.54) is 0 Å². The molecule has 0 aliphatic carbocycles. The predicted molar refractivity (Wildman–Crippen MR) is 78.3 cm³/mol. The van der Waals surface area contributed by atoms with Crippen molar-refractivity contribution in [2.75, 3.05) is 4.90 Å². The van der Waals surface area contributed by atoms with Crippen LogP contribution < -0.4 is 10.2 Å². The van der Waals surface area contributed by atoms with Gasteiger partial charge in [-0.25, -0.2) is 9.69 Å². The number of benzene rings is 1. The Kier molecular flexibility index (Phi) is 4.23. The monoisotopic (exact) mass is 338 g/mol. The first-order valence-electron chi connectivity index (χ1n) is 6.40. The second-order valence-electron chi connectivity index (χ2n) is 4.76. The zero-order chi connectivity index (χ0) is 14.9. The Morgan fingerprint density at radius 1 is 1.30 bits per heavy atom. The lowest BCUT2D eigenvalue weighted by Gasteiger charge is -2.30. The second kappa shape index (κ2) is 5.75. The largest absolute Gasteiger partial charge is 0.335 e. The predicted octanol–water partition coefficient (Wildman–Crippen LogP) is 2.76. The summed E-state index contributed by atoms with van der Waals surface area (Å²) in [4.78, 5) is 37.2. The zero-order valence-electron chi connectivity index (χ0n) is 11.3. The van der Waals surface area contributed by atoms with E-state index in [0.29, 0.717) is 23.0 Å². The van der Waals surface area contributed by atoms with Crippen LogP contribution in [-0.2, 0) is 9.59 Å². The van der Waals surface area contributed by atoms with Crippen LogP contribution in [0.25, 0.3) is 0 Å². The van der Waals surface area contributed by atoms with Gasteiger partial charge < -0.3 is 0 Å². The van der Waals surface area contributed by atoms with Gasteiger partial charge >= 0.3 is 6.03 Å². The number of carbonyl (C=O) groups excluding carboxylic acids is 3. The van der Waals surface area contributed by atoms with Gasteiger partial charge in [-0.2, -0.15) is 0 Å². The van der Waals surface area contributed by atoms with Gasteiger partial charge in [0.25, 0.3) is 0 Å². The topological polar surface area (TPSA) is 66.5 Å². The number of rotatable bonds is 3. The summed E-state index contributed by atoms with van der Waals surface area (Å²) in [5, 5.41) is 2.25. The normalized spacial score (nSPS) is 19.2. The third kappa shape index (κ3) is 2.60. The molecule has 1 aliphatic heterocycles. The number of amides is 4. The van der Waals surface area contributed by atoms with Crippen molar-refractivity contribution < 1.29 is 14.4 Å². The Labute approximate surface area is 125 Å². The van der Waals surface area contributed by atoms with Crippen molar-refractivity contribution in [1.82, 2.24) is 5.32 Å². The van der Waals surface area contributed by atoms with Crippen LogP contribution in [0.1, 0.15) is 25.3 Å². The molecule has 2 rings (SSSR count). The molecular weight excluding hydrogens is 324 g/mol. The van der Waals surface area contributed by atoms with E-state index < -0.39 is 23.8 Å². The zero-order valence-corrected chi connectivity index (χ0v) is 12.9. The molecule has 0 radical (unpaired) electrons. The Morgan fingerprint density at radius 3 is 2.65 bits per heavy atom. The molecule has 1 unspecified atom stereocenters. The number of halogens is 1. The van der Waals surface area contributed by atoms with Crippen LogP contribution >= 0.6 is 15.9 Å². The fourth-order valence-electron chi connectivity index (χ4n) is 2.18. The first-order valence-corrected chi connectivity index (χ1v) is 7.20. The Morgan fingerprint density at radius 2 is 2.00 bits per heavy atom. The van der Waals surface area contributed by atoms with E-state index in [0.717, 1.165) is 10.5 Å². The lowest BCUT2D eigenvalue weighted by atomic mass is 9.98. The Hall–Kier alpha value is -1.69. The molecule has 1 aromatic carbocycles. The number of nitrogens with zero attached hydrogens (tertiary/aromatic N) is 1. The molecular formula is C14H15BrN2O3. The number of anilines is 1. The molecule has 4 amide bonds. The number of carbonyl (C=O) groups is 3. The molecule has 1 atom stereocenters. The van der Waals surface area contributed by atoms with Gasteiger partial charge in [0, 0.05) is 4.47 Å². The van der Waals surface area contributed by atoms with Crippen LogP contribution in [0, 0.1) is 12.8 Å². The van der Waals surface area contributed by atoms with Crippen molar-refractivity contribution in [3.8, 4) is 0 Å². The second-order valence-corrected chi connectivity index (χ2v) is 5.62. The highest BCUT2D eigenvalue weighted by molar-refractivity contribution is 9.10. The molecule has 20 heavy (non-hydrogen) atoms. The summed E-state index contributed by atoms with van der Waals surface area (Å²) >= 11 is 3.34. The molecule has 0 bridgehead atoms. The van der Waals surface area contributed by atoms with E-state index in [4.69, 9.17) is 0 Å². The van der Waals surface area contributed by atoms with E-state index in [1.807, 2.05) is 19.9 Å². The molecule has 1 saturated heterocycles. The highest BCUT2D eigenvalue weighted by Crippen LogP contribution is 2.30. The molecule has 1 aromatic rings. The van der Waals surface area contributed by atoms with Crippen LogP contribution in [0.4, 0.5) is 10.5 Å². The number of barbiturate groups is 1. The highest BCUT2D eigenvalue weighted by atomic mass is 79.9. The maximum atomic E-state index is 12.4. The minimum Gasteiger partial charge on any atom is -0.277 e. The standard InChI is InChI=1S/C14H15BrN2O3/c1-3-4-9-12(18)16-14(20)17(13(9)19)11-7-8(2)5-6-10(11)15/h5-7,9H,3-4H2,1-2H3,(H,16,18,20). The quantitative estimate of drug-likeness (QED) is 0.861. The van der Waals surface area contributed by atoms with E-state index in [9.17, 15) is 14.4 Å². The van der Waals surface area contributed by atoms with Gasteiger partial charge in [0.2, 0.25) is 11.8 Å². The van der Waals surface area contributed by atoms with E-state index in [-0.39, 0.29) is 0 Å². The minimum absolute atomic E-state index is 0.428. The van der Waals surface area contributed by atoms with Crippen LogP contribution in [-0.4, -0.2) is 17.8 Å². The molecule has 106 valence electrons. The molecule has 1 heterocycles. The van der Waals surface area contributed by atoms with Gasteiger partial charge in [0.15, 0.2) is 0 Å². The number of imide groups is 2. The SMILES string of the molecule is CCCC1C(=O)NC(=O)N(c2cc(C)ccc2Br)C1=O. The average Bonchev–Trinajstić information content (AvgIpc) is 2.38. The molecule has 1 fully saturated rings. The lowest BCUT2D eigenvalue weighted by Crippen LogP contribution is -2.58. The van der Waals surface area contributed by atoms with Crippen LogP contribution in [0.2, 0.25) is 0 Å². The summed E-state index contributed by atoms with van der Waals surface area (Å²) in [5.74, 6) is -1.78. The van der Waals surface area contributed by atoms with Gasteiger partial charge in [-0.15, -0.1) is 0 Å². The Balaban J connectivity index is 2.43. The minimum atomic E-state index is -0.801. The smallest absolute Gasteiger partial charge is 0.277 e. The third-order valence-corrected chi connectivity index (χ3v) is 3.86. The number of urea groups is 1. The fraction of sp³-hybridized carbons (Fsp3) is 0.357. The maximum absolute atomic E-state index is 12.4. The number of aryl methyl sites for hydroxylation is 1. The molecule has 0 aromatic heterocycles. The molecule has 6 heteroatoms. The van der Waals surface area contributed by atoms with Gasteiger partial charge in [0.05, 0.1) is 5.69 Å². The summed E-state index contributed by atoms with van der Waals surface area (Å²) in [5.41, 5.74) is 1.38. The first kappa shape index (κ1) is 14.7. The van der Waals surface area contributed by atoms with Gasteiger partial charge in [-0.1, -0.05) is 19.4 Å². The van der Waals surface area contributed by atoms with Gasteiger partial charge in [-0.05, 0) is 47.0 Å². The van der Waals surface area contributed by atoms with E-state index in [2.05, 4.69) is 21.2 Å². The number of hydrogen-bond donors (Lipinski definition) is 1. The van der Waals surface area contributed by atoms with Crippen molar-refractivity contribution in [2.45, 2.75) is 26.7 Å². The van der Waals surface area contributed by atoms with E-state index in [1.54, 1.807) is 12.1 Å². The van der Waals surface area contributed by atoms with Crippen LogP contribution in [0.3, 0.4) is 0 Å². The maximum Gasteiger partial charge on any atom is 0.335 e. The number of nitrogens with one attached hydrogen (secondary N) is 1. The molecule has 5 nitrogen and oxygen atoms in total. The van der Waals surface area contributed by atoms with Gasteiger partial charge in [0.1, 0.15) is 5.92 Å². The lowest BCUT2D eigenvalue weighted by molar-refractivity contribution is -0.134.